The standard InChI is InChI=1S/C15H18FNO3/c16-13-4-2-1-3-11(13)9-14(18)17-12-7-5-10(6-8-12)15(19)20/h1-4,10,12H,5-9H2,(H,17,18)(H,19,20). The van der Waals surface area contributed by atoms with Gasteiger partial charge in [0, 0.05) is 6.04 Å². The second-order valence-corrected chi connectivity index (χ2v) is 5.22. The molecule has 0 unspecified atom stereocenters. The highest BCUT2D eigenvalue weighted by Crippen LogP contribution is 2.24. The Kier molecular flexibility index (Phi) is 4.71. The van der Waals surface area contributed by atoms with Crippen molar-refractivity contribution in [2.45, 2.75) is 38.1 Å². The molecule has 0 saturated heterocycles. The number of rotatable bonds is 4. The van der Waals surface area contributed by atoms with Crippen molar-refractivity contribution in [1.82, 2.24) is 5.32 Å². The SMILES string of the molecule is O=C(Cc1ccccc1F)NC1CCC(C(=O)O)CC1. The summed E-state index contributed by atoms with van der Waals surface area (Å²) in [6.07, 6.45) is 2.52. The maximum absolute atomic E-state index is 13.4. The molecule has 1 aliphatic rings. The molecule has 2 N–H and O–H groups in total. The molecule has 1 amide bonds. The Bertz CT molecular complexity index is 496. The highest BCUT2D eigenvalue weighted by molar-refractivity contribution is 5.79. The van der Waals surface area contributed by atoms with E-state index in [1.807, 2.05) is 0 Å². The highest BCUT2D eigenvalue weighted by Gasteiger charge is 2.26. The van der Waals surface area contributed by atoms with Gasteiger partial charge in [-0.15, -0.1) is 0 Å². The van der Waals surface area contributed by atoms with Gasteiger partial charge in [0.05, 0.1) is 12.3 Å². The van der Waals surface area contributed by atoms with Crippen LogP contribution in [-0.4, -0.2) is 23.0 Å². The lowest BCUT2D eigenvalue weighted by molar-refractivity contribution is -0.142. The molecule has 0 radical (unpaired) electrons. The molecule has 0 bridgehead atoms. The van der Waals surface area contributed by atoms with Crippen molar-refractivity contribution in [3.8, 4) is 0 Å². The van der Waals surface area contributed by atoms with Crippen LogP contribution >= 0.6 is 0 Å². The van der Waals surface area contributed by atoms with Crippen LogP contribution in [0.4, 0.5) is 4.39 Å². The summed E-state index contributed by atoms with van der Waals surface area (Å²) in [6.45, 7) is 0. The summed E-state index contributed by atoms with van der Waals surface area (Å²) in [7, 11) is 0. The second-order valence-electron chi connectivity index (χ2n) is 5.22. The minimum atomic E-state index is -0.763. The van der Waals surface area contributed by atoms with Gasteiger partial charge < -0.3 is 10.4 Å². The Morgan fingerprint density at radius 2 is 1.85 bits per heavy atom. The number of carbonyl (C=O) groups is 2. The predicted octanol–water partition coefficient (Wildman–Crippen LogP) is 2.13. The van der Waals surface area contributed by atoms with E-state index < -0.39 is 5.97 Å². The first-order valence-electron chi connectivity index (χ1n) is 6.82. The van der Waals surface area contributed by atoms with Crippen LogP contribution in [0.15, 0.2) is 24.3 Å². The van der Waals surface area contributed by atoms with Crippen molar-refractivity contribution >= 4 is 11.9 Å². The Balaban J connectivity index is 1.81. The number of halogens is 1. The summed E-state index contributed by atoms with van der Waals surface area (Å²) < 4.78 is 13.4. The van der Waals surface area contributed by atoms with Crippen LogP contribution in [-0.2, 0) is 16.0 Å². The van der Waals surface area contributed by atoms with Crippen molar-refractivity contribution in [3.05, 3.63) is 35.6 Å². The van der Waals surface area contributed by atoms with Crippen molar-refractivity contribution in [2.75, 3.05) is 0 Å². The fourth-order valence-electron chi connectivity index (χ4n) is 2.58. The molecule has 108 valence electrons. The highest BCUT2D eigenvalue weighted by atomic mass is 19.1. The third-order valence-electron chi connectivity index (χ3n) is 3.75. The molecule has 1 fully saturated rings. The van der Waals surface area contributed by atoms with Crippen LogP contribution < -0.4 is 5.32 Å². The van der Waals surface area contributed by atoms with E-state index in [1.165, 1.54) is 6.07 Å². The lowest BCUT2D eigenvalue weighted by Gasteiger charge is -2.26. The molecule has 0 heterocycles. The zero-order valence-corrected chi connectivity index (χ0v) is 11.1. The summed E-state index contributed by atoms with van der Waals surface area (Å²) >= 11 is 0. The topological polar surface area (TPSA) is 66.4 Å². The van der Waals surface area contributed by atoms with Crippen LogP contribution in [0.1, 0.15) is 31.2 Å². The first kappa shape index (κ1) is 14.5. The van der Waals surface area contributed by atoms with Gasteiger partial charge in [0.25, 0.3) is 0 Å². The van der Waals surface area contributed by atoms with E-state index in [2.05, 4.69) is 5.32 Å². The molecular formula is C15H18FNO3. The monoisotopic (exact) mass is 279 g/mol. The van der Waals surface area contributed by atoms with E-state index in [4.69, 9.17) is 5.11 Å². The largest absolute Gasteiger partial charge is 0.481 e. The molecular weight excluding hydrogens is 261 g/mol. The van der Waals surface area contributed by atoms with E-state index >= 15 is 0 Å². The molecule has 0 aliphatic heterocycles. The normalized spacial score (nSPS) is 22.2. The number of hydrogen-bond donors (Lipinski definition) is 2. The molecule has 1 aliphatic carbocycles. The first-order valence-corrected chi connectivity index (χ1v) is 6.82. The van der Waals surface area contributed by atoms with Gasteiger partial charge in [-0.25, -0.2) is 4.39 Å². The van der Waals surface area contributed by atoms with E-state index in [0.717, 1.165) is 0 Å². The summed E-state index contributed by atoms with van der Waals surface area (Å²) in [6, 6.07) is 6.22. The van der Waals surface area contributed by atoms with Crippen LogP contribution in [0.25, 0.3) is 0 Å². The van der Waals surface area contributed by atoms with Crippen molar-refractivity contribution in [3.63, 3.8) is 0 Å². The zero-order chi connectivity index (χ0) is 14.5. The van der Waals surface area contributed by atoms with E-state index in [1.54, 1.807) is 18.2 Å². The van der Waals surface area contributed by atoms with Gasteiger partial charge in [-0.2, -0.15) is 0 Å². The number of carbonyl (C=O) groups excluding carboxylic acids is 1. The number of nitrogens with one attached hydrogen (secondary N) is 1. The molecule has 1 saturated carbocycles. The quantitative estimate of drug-likeness (QED) is 0.887. The van der Waals surface area contributed by atoms with E-state index in [0.29, 0.717) is 31.2 Å². The predicted molar refractivity (Wildman–Crippen MR) is 71.6 cm³/mol. The summed E-state index contributed by atoms with van der Waals surface area (Å²) in [4.78, 5) is 22.7. The molecule has 1 aromatic rings. The fraction of sp³-hybridized carbons (Fsp3) is 0.467. The minimum Gasteiger partial charge on any atom is -0.481 e. The number of hydrogen-bond acceptors (Lipinski definition) is 2. The van der Waals surface area contributed by atoms with Gasteiger partial charge in [0.2, 0.25) is 5.91 Å². The van der Waals surface area contributed by atoms with Gasteiger partial charge in [-0.3, -0.25) is 9.59 Å². The number of amides is 1. The van der Waals surface area contributed by atoms with E-state index in [-0.39, 0.29) is 30.1 Å². The molecule has 0 atom stereocenters. The Hall–Kier alpha value is -1.91. The number of carboxylic acid groups (broad SMARTS) is 1. The number of benzene rings is 1. The van der Waals surface area contributed by atoms with Gasteiger partial charge in [-0.1, -0.05) is 18.2 Å². The molecule has 2 rings (SSSR count). The van der Waals surface area contributed by atoms with Crippen LogP contribution in [0.2, 0.25) is 0 Å². The van der Waals surface area contributed by atoms with Gasteiger partial charge in [-0.05, 0) is 37.3 Å². The van der Waals surface area contributed by atoms with Gasteiger partial charge >= 0.3 is 5.97 Å². The second kappa shape index (κ2) is 6.50. The fourth-order valence-corrected chi connectivity index (χ4v) is 2.58. The molecule has 1 aromatic carbocycles. The van der Waals surface area contributed by atoms with Crippen LogP contribution in [0.3, 0.4) is 0 Å². The maximum atomic E-state index is 13.4. The summed E-state index contributed by atoms with van der Waals surface area (Å²) in [5.41, 5.74) is 0.379. The Morgan fingerprint density at radius 1 is 1.20 bits per heavy atom. The van der Waals surface area contributed by atoms with Crippen LogP contribution in [0, 0.1) is 11.7 Å². The lowest BCUT2D eigenvalue weighted by Crippen LogP contribution is -2.39. The average Bonchev–Trinajstić information content (AvgIpc) is 2.42. The van der Waals surface area contributed by atoms with Crippen molar-refractivity contribution in [2.24, 2.45) is 5.92 Å². The summed E-state index contributed by atoms with van der Waals surface area (Å²) in [5.74, 6) is -1.65. The van der Waals surface area contributed by atoms with Crippen LogP contribution in [0.5, 0.6) is 0 Å². The number of carboxylic acids is 1. The molecule has 0 spiro atoms. The van der Waals surface area contributed by atoms with E-state index in [9.17, 15) is 14.0 Å². The third kappa shape index (κ3) is 3.79. The minimum absolute atomic E-state index is 0.00451. The van der Waals surface area contributed by atoms with Gasteiger partial charge in [0.15, 0.2) is 0 Å². The maximum Gasteiger partial charge on any atom is 0.306 e. The first-order chi connectivity index (χ1) is 9.56. The van der Waals surface area contributed by atoms with Gasteiger partial charge in [0.1, 0.15) is 5.82 Å². The molecule has 4 nitrogen and oxygen atoms in total. The molecule has 0 aromatic heterocycles. The number of aliphatic carboxylic acids is 1. The smallest absolute Gasteiger partial charge is 0.306 e. The summed E-state index contributed by atoms with van der Waals surface area (Å²) in [5, 5.41) is 11.8. The lowest BCUT2D eigenvalue weighted by atomic mass is 9.86. The molecule has 20 heavy (non-hydrogen) atoms. The van der Waals surface area contributed by atoms with Crippen molar-refractivity contribution in [1.29, 1.82) is 0 Å². The molecule has 5 heteroatoms. The third-order valence-corrected chi connectivity index (χ3v) is 3.75. The average molecular weight is 279 g/mol. The zero-order valence-electron chi connectivity index (χ0n) is 11.1. The Labute approximate surface area is 117 Å². The Morgan fingerprint density at radius 3 is 2.45 bits per heavy atom. The van der Waals surface area contributed by atoms with Crippen molar-refractivity contribution < 1.29 is 19.1 Å².